The summed E-state index contributed by atoms with van der Waals surface area (Å²) in [6.45, 7) is 0.493. The number of carbonyl (C=O) groups excluding carboxylic acids is 2. The molecule has 124 valence electrons. The van der Waals surface area contributed by atoms with E-state index in [1.54, 1.807) is 23.2 Å². The molecule has 24 heavy (non-hydrogen) atoms. The van der Waals surface area contributed by atoms with Gasteiger partial charge < -0.3 is 14.5 Å². The Kier molecular flexibility index (Phi) is 4.37. The minimum atomic E-state index is -0.698. The lowest BCUT2D eigenvalue weighted by atomic mass is 10.2. The first-order valence-corrected chi connectivity index (χ1v) is 7.29. The number of hydrogen-bond acceptors (Lipinski definition) is 5. The average Bonchev–Trinajstić information content (AvgIpc) is 2.61. The molecule has 0 aliphatic carbocycles. The Hall–Kier alpha value is -3.03. The van der Waals surface area contributed by atoms with Gasteiger partial charge >= 0.3 is 0 Å². The third kappa shape index (κ3) is 3.03. The van der Waals surface area contributed by atoms with Crippen LogP contribution in [0.15, 0.2) is 36.8 Å². The monoisotopic (exact) mass is 330 g/mol. The molecule has 0 spiro atoms. The van der Waals surface area contributed by atoms with Crippen LogP contribution < -0.4 is 9.64 Å². The number of halogens is 1. The fraction of sp³-hybridized carbons (Fsp3) is 0.250. The van der Waals surface area contributed by atoms with Crippen LogP contribution in [-0.2, 0) is 4.79 Å². The van der Waals surface area contributed by atoms with E-state index in [1.165, 1.54) is 24.3 Å². The highest BCUT2D eigenvalue weighted by molar-refractivity contribution is 6.01. The van der Waals surface area contributed by atoms with Crippen LogP contribution in [0, 0.1) is 5.82 Å². The smallest absolute Gasteiger partial charge is 0.257 e. The third-order valence-electron chi connectivity index (χ3n) is 3.75. The Morgan fingerprint density at radius 3 is 2.83 bits per heavy atom. The summed E-state index contributed by atoms with van der Waals surface area (Å²) < 4.78 is 18.7. The number of piperazine rings is 1. The van der Waals surface area contributed by atoms with Crippen molar-refractivity contribution in [2.45, 2.75) is 0 Å². The number of hydrogen-bond donors (Lipinski definition) is 0. The molecule has 7 nitrogen and oxygen atoms in total. The van der Waals surface area contributed by atoms with Gasteiger partial charge in [0, 0.05) is 31.5 Å². The number of methoxy groups -OCH3 is 1. The van der Waals surface area contributed by atoms with E-state index < -0.39 is 11.7 Å². The van der Waals surface area contributed by atoms with Crippen LogP contribution in [0.4, 0.5) is 10.1 Å². The largest absolute Gasteiger partial charge is 0.481 e. The van der Waals surface area contributed by atoms with Crippen LogP contribution in [0.2, 0.25) is 0 Å². The highest BCUT2D eigenvalue weighted by Crippen LogP contribution is 2.21. The fourth-order valence-electron chi connectivity index (χ4n) is 2.52. The topological polar surface area (TPSA) is 75.6 Å². The van der Waals surface area contributed by atoms with Gasteiger partial charge in [0.15, 0.2) is 5.82 Å². The molecule has 3 rings (SSSR count). The quantitative estimate of drug-likeness (QED) is 0.843. The maximum Gasteiger partial charge on any atom is 0.257 e. The lowest BCUT2D eigenvalue weighted by molar-refractivity contribution is -0.120. The summed E-state index contributed by atoms with van der Waals surface area (Å²) in [4.78, 5) is 35.3. The van der Waals surface area contributed by atoms with E-state index in [4.69, 9.17) is 4.74 Å². The molecule has 8 heteroatoms. The second-order valence-electron chi connectivity index (χ2n) is 5.18. The number of anilines is 1. The number of nitrogens with zero attached hydrogens (tertiary/aromatic N) is 4. The number of ether oxygens (including phenoxy) is 1. The van der Waals surface area contributed by atoms with Crippen LogP contribution >= 0.6 is 0 Å². The van der Waals surface area contributed by atoms with E-state index in [1.807, 2.05) is 0 Å². The first-order valence-electron chi connectivity index (χ1n) is 7.29. The van der Waals surface area contributed by atoms with Gasteiger partial charge in [-0.25, -0.2) is 9.37 Å². The Morgan fingerprint density at radius 1 is 1.29 bits per heavy atom. The van der Waals surface area contributed by atoms with Crippen molar-refractivity contribution in [3.05, 3.63) is 48.2 Å². The molecule has 1 aliphatic rings. The van der Waals surface area contributed by atoms with Crippen molar-refractivity contribution in [2.75, 3.05) is 31.6 Å². The molecule has 1 fully saturated rings. The molecular weight excluding hydrogens is 315 g/mol. The SMILES string of the molecule is COc1cc(N2CCN(C(=O)c3ccncc3F)CC2=O)ccn1. The van der Waals surface area contributed by atoms with Crippen LogP contribution in [0.25, 0.3) is 0 Å². The Bertz CT molecular complexity index is 783. The lowest BCUT2D eigenvalue weighted by Crippen LogP contribution is -2.52. The molecular formula is C16H15FN4O3. The number of aromatic nitrogens is 2. The molecule has 0 aromatic carbocycles. The van der Waals surface area contributed by atoms with Crippen LogP contribution in [0.3, 0.4) is 0 Å². The van der Waals surface area contributed by atoms with Crippen molar-refractivity contribution in [3.8, 4) is 5.88 Å². The fourth-order valence-corrected chi connectivity index (χ4v) is 2.52. The second-order valence-corrected chi connectivity index (χ2v) is 5.18. The van der Waals surface area contributed by atoms with Crippen molar-refractivity contribution in [2.24, 2.45) is 0 Å². The van der Waals surface area contributed by atoms with Gasteiger partial charge in [0.05, 0.1) is 24.6 Å². The molecule has 0 atom stereocenters. The molecule has 0 bridgehead atoms. The number of pyridine rings is 2. The lowest BCUT2D eigenvalue weighted by Gasteiger charge is -2.34. The van der Waals surface area contributed by atoms with Gasteiger partial charge in [-0.05, 0) is 12.1 Å². The molecule has 1 aliphatic heterocycles. The summed E-state index contributed by atoms with van der Waals surface area (Å²) in [6.07, 6.45) is 3.87. The summed E-state index contributed by atoms with van der Waals surface area (Å²) in [5.74, 6) is -1.07. The van der Waals surface area contributed by atoms with E-state index in [2.05, 4.69) is 9.97 Å². The van der Waals surface area contributed by atoms with Gasteiger partial charge in [0.2, 0.25) is 11.8 Å². The molecule has 0 saturated carbocycles. The molecule has 0 N–H and O–H groups in total. The summed E-state index contributed by atoms with van der Waals surface area (Å²) >= 11 is 0. The standard InChI is InChI=1S/C16H15FN4O3/c1-24-14-8-11(2-5-19-14)21-7-6-20(10-15(21)22)16(23)12-3-4-18-9-13(12)17/h2-5,8-9H,6-7,10H2,1H3. The van der Waals surface area contributed by atoms with Crippen molar-refractivity contribution < 1.29 is 18.7 Å². The minimum Gasteiger partial charge on any atom is -0.481 e. The molecule has 0 unspecified atom stereocenters. The zero-order chi connectivity index (χ0) is 17.1. The summed E-state index contributed by atoms with van der Waals surface area (Å²) in [7, 11) is 1.49. The van der Waals surface area contributed by atoms with Gasteiger partial charge in [0.1, 0.15) is 6.54 Å². The molecule has 2 aromatic heterocycles. The van der Waals surface area contributed by atoms with Crippen molar-refractivity contribution in [3.63, 3.8) is 0 Å². The Labute approximate surface area is 137 Å². The normalized spacial score (nSPS) is 14.7. The molecule has 3 heterocycles. The number of carbonyl (C=O) groups is 2. The van der Waals surface area contributed by atoms with Crippen LogP contribution in [0.1, 0.15) is 10.4 Å². The Morgan fingerprint density at radius 2 is 2.12 bits per heavy atom. The minimum absolute atomic E-state index is 0.0863. The zero-order valence-electron chi connectivity index (χ0n) is 13.0. The maximum absolute atomic E-state index is 13.7. The number of amides is 2. The van der Waals surface area contributed by atoms with E-state index in [0.29, 0.717) is 24.7 Å². The van der Waals surface area contributed by atoms with Gasteiger partial charge in [-0.3, -0.25) is 14.6 Å². The van der Waals surface area contributed by atoms with E-state index in [0.717, 1.165) is 6.20 Å². The van der Waals surface area contributed by atoms with Crippen molar-refractivity contribution in [1.29, 1.82) is 0 Å². The number of rotatable bonds is 3. The average molecular weight is 330 g/mol. The van der Waals surface area contributed by atoms with Crippen molar-refractivity contribution in [1.82, 2.24) is 14.9 Å². The van der Waals surface area contributed by atoms with E-state index in [-0.39, 0.29) is 18.0 Å². The molecule has 0 radical (unpaired) electrons. The van der Waals surface area contributed by atoms with Crippen LogP contribution in [0.5, 0.6) is 5.88 Å². The first-order chi connectivity index (χ1) is 11.6. The first kappa shape index (κ1) is 15.9. The molecule has 2 aromatic rings. The van der Waals surface area contributed by atoms with Gasteiger partial charge in [-0.15, -0.1) is 0 Å². The molecule has 1 saturated heterocycles. The van der Waals surface area contributed by atoms with Gasteiger partial charge in [0.25, 0.3) is 5.91 Å². The van der Waals surface area contributed by atoms with Crippen molar-refractivity contribution >= 4 is 17.5 Å². The van der Waals surface area contributed by atoms with Gasteiger partial charge in [-0.2, -0.15) is 0 Å². The highest BCUT2D eigenvalue weighted by Gasteiger charge is 2.29. The molecule has 2 amide bonds. The summed E-state index contributed by atoms with van der Waals surface area (Å²) in [5.41, 5.74) is 0.561. The predicted molar refractivity (Wildman–Crippen MR) is 83.2 cm³/mol. The van der Waals surface area contributed by atoms with E-state index in [9.17, 15) is 14.0 Å². The Balaban J connectivity index is 1.74. The van der Waals surface area contributed by atoms with E-state index >= 15 is 0 Å². The maximum atomic E-state index is 13.7. The van der Waals surface area contributed by atoms with Crippen LogP contribution in [-0.4, -0.2) is 53.4 Å². The second kappa shape index (κ2) is 6.61. The van der Waals surface area contributed by atoms with Gasteiger partial charge in [-0.1, -0.05) is 0 Å². The predicted octanol–water partition coefficient (Wildman–Crippen LogP) is 1.11. The zero-order valence-corrected chi connectivity index (χ0v) is 13.0. The summed E-state index contributed by atoms with van der Waals surface area (Å²) in [5, 5.41) is 0. The third-order valence-corrected chi connectivity index (χ3v) is 3.75. The highest BCUT2D eigenvalue weighted by atomic mass is 19.1. The summed E-state index contributed by atoms with van der Waals surface area (Å²) in [6, 6.07) is 4.65.